The Balaban J connectivity index is 2.91. The second kappa shape index (κ2) is 2.95. The van der Waals surface area contributed by atoms with E-state index in [1.54, 1.807) is 12.4 Å². The first-order valence-electron chi connectivity index (χ1n) is 3.80. The van der Waals surface area contributed by atoms with Crippen LogP contribution in [0, 0.1) is 0 Å². The van der Waals surface area contributed by atoms with Crippen molar-refractivity contribution in [1.29, 1.82) is 0 Å². The summed E-state index contributed by atoms with van der Waals surface area (Å²) in [4.78, 5) is 16.2. The highest BCUT2D eigenvalue weighted by Gasteiger charge is 2.16. The second-order valence-corrected chi connectivity index (χ2v) is 3.60. The molecule has 0 saturated heterocycles. The normalized spacial score (nSPS) is 16.9. The molecule has 0 fully saturated rings. The molecule has 0 aliphatic carbocycles. The zero-order valence-corrected chi connectivity index (χ0v) is 7.53. The molecule has 0 aromatic carbocycles. The smallest absolute Gasteiger partial charge is 0.279 e. The Kier molecular flexibility index (Phi) is 2.15. The van der Waals surface area contributed by atoms with Gasteiger partial charge in [0.05, 0.1) is 6.20 Å². The van der Waals surface area contributed by atoms with Crippen LogP contribution in [0.25, 0.3) is 0 Å². The number of aliphatic imine (C=N–C) groups is 1. The zero-order valence-electron chi connectivity index (χ0n) is 7.53. The molecule has 1 rings (SSSR count). The van der Waals surface area contributed by atoms with Crippen LogP contribution in [0.4, 0.5) is 0 Å². The van der Waals surface area contributed by atoms with E-state index >= 15 is 0 Å². The van der Waals surface area contributed by atoms with Gasteiger partial charge >= 0.3 is 0 Å². The molecule has 0 spiro atoms. The molecule has 1 amide bonds. The summed E-state index contributed by atoms with van der Waals surface area (Å²) >= 11 is 0. The number of hydrogen-bond donors (Lipinski definition) is 0. The van der Waals surface area contributed by atoms with Crippen molar-refractivity contribution in [2.24, 2.45) is 4.99 Å². The summed E-state index contributed by atoms with van der Waals surface area (Å²) in [7, 11) is 0. The summed E-state index contributed by atoms with van der Waals surface area (Å²) < 4.78 is 0. The Hall–Kier alpha value is -1.34. The van der Waals surface area contributed by atoms with Gasteiger partial charge in [0.15, 0.2) is 0 Å². The third-order valence-corrected chi connectivity index (χ3v) is 1.52. The van der Waals surface area contributed by atoms with E-state index in [1.165, 1.54) is 6.08 Å². The highest BCUT2D eigenvalue weighted by molar-refractivity contribution is 5.93. The maximum Gasteiger partial charge on any atom is 0.279 e. The summed E-state index contributed by atoms with van der Waals surface area (Å²) in [5.41, 5.74) is -0.0381. The van der Waals surface area contributed by atoms with Crippen LogP contribution in [0.3, 0.4) is 0 Å². The maximum atomic E-state index is 10.8. The molecule has 64 valence electrons. The van der Waals surface area contributed by atoms with Gasteiger partial charge in [-0.05, 0) is 20.8 Å². The van der Waals surface area contributed by atoms with E-state index < -0.39 is 0 Å². The van der Waals surface area contributed by atoms with Crippen molar-refractivity contribution in [1.82, 2.24) is 4.90 Å². The van der Waals surface area contributed by atoms with Crippen LogP contribution in [0.5, 0.6) is 0 Å². The molecule has 0 saturated carbocycles. The van der Waals surface area contributed by atoms with E-state index in [2.05, 4.69) is 10.9 Å². The first-order valence-corrected chi connectivity index (χ1v) is 3.80. The number of carbonyl (C=O) groups is 1. The summed E-state index contributed by atoms with van der Waals surface area (Å²) in [6.45, 7) is 6.14. The Morgan fingerprint density at radius 2 is 2.17 bits per heavy atom. The van der Waals surface area contributed by atoms with Gasteiger partial charge in [0, 0.05) is 23.7 Å². The molecule has 0 unspecified atom stereocenters. The van der Waals surface area contributed by atoms with Crippen molar-refractivity contribution in [2.45, 2.75) is 26.3 Å². The van der Waals surface area contributed by atoms with Gasteiger partial charge in [0.25, 0.3) is 5.91 Å². The van der Waals surface area contributed by atoms with Gasteiger partial charge in [0.1, 0.15) is 0 Å². The fourth-order valence-electron chi connectivity index (χ4n) is 0.796. The minimum absolute atomic E-state index is 0.0381. The second-order valence-electron chi connectivity index (χ2n) is 3.60. The van der Waals surface area contributed by atoms with Crippen molar-refractivity contribution in [3.8, 4) is 0 Å². The average Bonchev–Trinajstić information content (AvgIpc) is 2.11. The van der Waals surface area contributed by atoms with Gasteiger partial charge in [-0.25, -0.2) is 0 Å². The fourth-order valence-corrected chi connectivity index (χ4v) is 0.796. The molecule has 0 aromatic rings. The number of amides is 1. The fraction of sp³-hybridized carbons (Fsp3) is 0.444. The Labute approximate surface area is 72.1 Å². The van der Waals surface area contributed by atoms with E-state index in [4.69, 9.17) is 0 Å². The van der Waals surface area contributed by atoms with Crippen molar-refractivity contribution >= 4 is 11.8 Å². The van der Waals surface area contributed by atoms with E-state index in [9.17, 15) is 4.79 Å². The molecular weight excluding hydrogens is 152 g/mol. The lowest BCUT2D eigenvalue weighted by molar-refractivity contribution is -0.113. The topological polar surface area (TPSA) is 32.7 Å². The number of nitrogens with zero attached hydrogens (tertiary/aromatic N) is 2. The molecule has 0 atom stereocenters. The summed E-state index contributed by atoms with van der Waals surface area (Å²) in [5, 5.41) is 0. The molecule has 0 radical (unpaired) electrons. The van der Waals surface area contributed by atoms with E-state index in [0.29, 0.717) is 0 Å². The first kappa shape index (κ1) is 8.75. The summed E-state index contributed by atoms with van der Waals surface area (Å²) in [5.74, 6) is 2.30. The molecule has 1 aliphatic heterocycles. The van der Waals surface area contributed by atoms with Crippen LogP contribution in [-0.4, -0.2) is 22.2 Å². The van der Waals surface area contributed by atoms with Crippen LogP contribution in [0.15, 0.2) is 23.5 Å². The third-order valence-electron chi connectivity index (χ3n) is 1.52. The van der Waals surface area contributed by atoms with Gasteiger partial charge in [-0.15, -0.1) is 0 Å². The van der Waals surface area contributed by atoms with Crippen LogP contribution in [0.1, 0.15) is 20.8 Å². The predicted octanol–water partition coefficient (Wildman–Crippen LogP) is 1.32. The van der Waals surface area contributed by atoms with Crippen LogP contribution >= 0.6 is 0 Å². The van der Waals surface area contributed by atoms with Crippen LogP contribution in [0.2, 0.25) is 0 Å². The predicted molar refractivity (Wildman–Crippen MR) is 47.7 cm³/mol. The molecule has 0 N–H and O–H groups in total. The summed E-state index contributed by atoms with van der Waals surface area (Å²) in [6.07, 6.45) is 4.81. The Bertz CT molecular complexity index is 277. The molecule has 0 aromatic heterocycles. The standard InChI is InChI=1S/C9H12N2O/c1-9(2,3)11-6-4-8(12)10-5-7-11/h4,6-7H,1-3H3. The van der Waals surface area contributed by atoms with Gasteiger partial charge in [-0.3, -0.25) is 4.79 Å². The monoisotopic (exact) mass is 164 g/mol. The van der Waals surface area contributed by atoms with Crippen molar-refractivity contribution < 1.29 is 4.79 Å². The lowest BCUT2D eigenvalue weighted by Gasteiger charge is -2.29. The van der Waals surface area contributed by atoms with Gasteiger partial charge in [-0.2, -0.15) is 4.99 Å². The molecule has 0 bridgehead atoms. The third kappa shape index (κ3) is 2.07. The highest BCUT2D eigenvalue weighted by Crippen LogP contribution is 2.13. The molecule has 1 heterocycles. The highest BCUT2D eigenvalue weighted by atomic mass is 16.1. The molecular formula is C9H12N2O. The average molecular weight is 164 g/mol. The molecule has 1 aliphatic rings. The van der Waals surface area contributed by atoms with Crippen molar-refractivity contribution in [2.75, 3.05) is 0 Å². The van der Waals surface area contributed by atoms with Crippen molar-refractivity contribution in [3.05, 3.63) is 18.5 Å². The number of rotatable bonds is 0. The van der Waals surface area contributed by atoms with Crippen LogP contribution < -0.4 is 0 Å². The first-order chi connectivity index (χ1) is 5.50. The minimum atomic E-state index is -0.266. The number of hydrogen-bond acceptors (Lipinski definition) is 2. The van der Waals surface area contributed by atoms with Crippen molar-refractivity contribution in [3.63, 3.8) is 0 Å². The Morgan fingerprint density at radius 3 is 2.75 bits per heavy atom. The molecule has 12 heavy (non-hydrogen) atoms. The zero-order chi connectivity index (χ0) is 9.19. The van der Waals surface area contributed by atoms with E-state index in [1.807, 2.05) is 25.7 Å². The lowest BCUT2D eigenvalue weighted by atomic mass is 10.1. The largest absolute Gasteiger partial charge is 0.341 e. The Morgan fingerprint density at radius 1 is 1.50 bits per heavy atom. The lowest BCUT2D eigenvalue weighted by Crippen LogP contribution is -2.32. The van der Waals surface area contributed by atoms with E-state index in [-0.39, 0.29) is 11.4 Å². The van der Waals surface area contributed by atoms with E-state index in [0.717, 1.165) is 0 Å². The van der Waals surface area contributed by atoms with Gasteiger partial charge in [0.2, 0.25) is 0 Å². The molecule has 3 nitrogen and oxygen atoms in total. The van der Waals surface area contributed by atoms with Crippen LogP contribution in [-0.2, 0) is 4.79 Å². The molecule has 3 heteroatoms. The maximum absolute atomic E-state index is 10.8. The summed E-state index contributed by atoms with van der Waals surface area (Å²) in [6, 6.07) is 0. The minimum Gasteiger partial charge on any atom is -0.341 e. The SMILES string of the molecule is CC(C)(C)N1C=C=NC(=O)C=C1. The number of carbonyl (C=O) groups excluding carboxylic acids is 1. The van der Waals surface area contributed by atoms with Gasteiger partial charge in [-0.1, -0.05) is 0 Å². The van der Waals surface area contributed by atoms with Gasteiger partial charge < -0.3 is 4.90 Å². The quantitative estimate of drug-likeness (QED) is 0.541.